The normalized spacial score (nSPS) is 12.8. The summed E-state index contributed by atoms with van der Waals surface area (Å²) in [6.07, 6.45) is 0. The largest absolute Gasteiger partial charge is 0.483 e. The number of thiophene rings is 1. The number of carboxylic acid groups (broad SMARTS) is 1. The van der Waals surface area contributed by atoms with Gasteiger partial charge in [-0.2, -0.15) is 5.10 Å². The van der Waals surface area contributed by atoms with Gasteiger partial charge in [0.05, 0.1) is 23.7 Å². The van der Waals surface area contributed by atoms with E-state index in [-0.39, 0.29) is 23.8 Å². The van der Waals surface area contributed by atoms with Crippen LogP contribution in [-0.4, -0.2) is 62.0 Å². The first-order valence-corrected chi connectivity index (χ1v) is 11.4. The van der Waals surface area contributed by atoms with Gasteiger partial charge in [-0.05, 0) is 50.8 Å². The zero-order chi connectivity index (χ0) is 24.3. The average Bonchev–Trinajstić information content (AvgIpc) is 3.44. The first kappa shape index (κ1) is 24.4. The summed E-state index contributed by atoms with van der Waals surface area (Å²) >= 11 is 1.51. The third kappa shape index (κ3) is 5.07. The maximum absolute atomic E-state index is 13.2. The highest BCUT2D eigenvalue weighted by molar-refractivity contribution is 7.20. The molecule has 33 heavy (non-hydrogen) atoms. The number of benzene rings is 1. The first-order chi connectivity index (χ1) is 15.6. The fraction of sp³-hybridized carbons (Fsp3) is 0.391. The Morgan fingerprint density at radius 2 is 2.00 bits per heavy atom. The van der Waals surface area contributed by atoms with Crippen LogP contribution in [0.2, 0.25) is 0 Å². The van der Waals surface area contributed by atoms with Crippen LogP contribution in [0.5, 0.6) is 0 Å². The molecule has 176 valence electrons. The smallest absolute Gasteiger partial charge is 0.290 e. The Morgan fingerprint density at radius 1 is 1.30 bits per heavy atom. The van der Waals surface area contributed by atoms with Crippen molar-refractivity contribution in [3.63, 3.8) is 0 Å². The molecule has 4 N–H and O–H groups in total. The van der Waals surface area contributed by atoms with Crippen molar-refractivity contribution in [2.24, 2.45) is 5.73 Å². The van der Waals surface area contributed by atoms with Crippen molar-refractivity contribution >= 4 is 39.7 Å². The van der Waals surface area contributed by atoms with Gasteiger partial charge >= 0.3 is 0 Å². The predicted octanol–water partition coefficient (Wildman–Crippen LogP) is 2.99. The molecule has 2 amide bonds. The summed E-state index contributed by atoms with van der Waals surface area (Å²) in [5.74, 6) is -0.177. The topological polar surface area (TPSA) is 133 Å². The molecule has 0 aliphatic carbocycles. The highest BCUT2D eigenvalue weighted by atomic mass is 32.1. The molecule has 9 nitrogen and oxygen atoms in total. The van der Waals surface area contributed by atoms with Crippen LogP contribution in [0.1, 0.15) is 57.8 Å². The lowest BCUT2D eigenvalue weighted by Gasteiger charge is -2.35. The van der Waals surface area contributed by atoms with Crippen LogP contribution >= 0.6 is 11.3 Å². The van der Waals surface area contributed by atoms with Crippen molar-refractivity contribution < 1.29 is 19.5 Å². The number of carbonyl (C=O) groups is 3. The van der Waals surface area contributed by atoms with E-state index in [0.29, 0.717) is 36.8 Å². The zero-order valence-electron chi connectivity index (χ0n) is 19.2. The minimum atomic E-state index is -0.369. The van der Waals surface area contributed by atoms with Crippen molar-refractivity contribution in [1.29, 1.82) is 0 Å². The van der Waals surface area contributed by atoms with Gasteiger partial charge in [-0.1, -0.05) is 12.1 Å². The Morgan fingerprint density at radius 3 is 2.64 bits per heavy atom. The molecule has 0 radical (unpaired) electrons. The number of nitrogens with two attached hydrogens (primary N) is 1. The van der Waals surface area contributed by atoms with Crippen LogP contribution < -0.4 is 5.73 Å². The lowest BCUT2D eigenvalue weighted by molar-refractivity contribution is -0.122. The average molecular weight is 472 g/mol. The monoisotopic (exact) mass is 471 g/mol. The van der Waals surface area contributed by atoms with E-state index in [4.69, 9.17) is 15.6 Å². The molecule has 1 aliphatic rings. The van der Waals surface area contributed by atoms with Crippen LogP contribution in [0.25, 0.3) is 10.1 Å². The lowest BCUT2D eigenvalue weighted by Crippen LogP contribution is -2.48. The fourth-order valence-electron chi connectivity index (χ4n) is 3.86. The Labute approximate surface area is 196 Å². The van der Waals surface area contributed by atoms with Crippen LogP contribution in [0.15, 0.2) is 24.3 Å². The van der Waals surface area contributed by atoms with Gasteiger partial charge < -0.3 is 20.6 Å². The van der Waals surface area contributed by atoms with Crippen LogP contribution in [0, 0.1) is 6.92 Å². The van der Waals surface area contributed by atoms with E-state index in [9.17, 15) is 9.59 Å². The second kappa shape index (κ2) is 9.72. The summed E-state index contributed by atoms with van der Waals surface area (Å²) in [4.78, 5) is 38.9. The van der Waals surface area contributed by atoms with E-state index < -0.39 is 0 Å². The predicted molar refractivity (Wildman–Crippen MR) is 127 cm³/mol. The molecule has 0 atom stereocenters. The summed E-state index contributed by atoms with van der Waals surface area (Å²) in [6.45, 7) is 9.36. The second-order valence-electron chi connectivity index (χ2n) is 8.86. The van der Waals surface area contributed by atoms with Crippen molar-refractivity contribution in [2.75, 3.05) is 13.1 Å². The molecule has 0 spiro atoms. The molecule has 4 rings (SSSR count). The Hall–Kier alpha value is -3.24. The van der Waals surface area contributed by atoms with Crippen molar-refractivity contribution in [2.45, 2.75) is 46.3 Å². The Kier molecular flexibility index (Phi) is 7.19. The lowest BCUT2D eigenvalue weighted by atomic mass is 10.0. The highest BCUT2D eigenvalue weighted by Crippen LogP contribution is 2.31. The second-order valence-corrected chi connectivity index (χ2v) is 9.95. The molecular weight excluding hydrogens is 442 g/mol. The van der Waals surface area contributed by atoms with Crippen molar-refractivity contribution in [3.05, 3.63) is 51.7 Å². The Bertz CT molecular complexity index is 1180. The van der Waals surface area contributed by atoms with Gasteiger partial charge in [0.25, 0.3) is 18.3 Å². The van der Waals surface area contributed by atoms with Crippen molar-refractivity contribution in [3.8, 4) is 0 Å². The van der Waals surface area contributed by atoms with Gasteiger partial charge in [-0.15, -0.1) is 11.3 Å². The standard InChI is InChI=1S/C22H27N5O2S.CH2O2/c1-13-5-6-14-10-18(30-17(14)9-13)20(28)26-11-15-16(12-26)24-25-19(15)21(29)27(8-7-23)22(2,3)4;2-1-3/h5-6,9-10H,7-8,11-12,23H2,1-4H3,(H,24,25);1H,(H,2,3). The molecule has 10 heteroatoms. The number of hydrogen-bond acceptors (Lipinski definition) is 6. The minimum Gasteiger partial charge on any atom is -0.483 e. The van der Waals surface area contributed by atoms with E-state index in [0.717, 1.165) is 21.3 Å². The van der Waals surface area contributed by atoms with Crippen LogP contribution in [0.4, 0.5) is 0 Å². The number of aryl methyl sites for hydroxylation is 1. The molecule has 2 aromatic heterocycles. The van der Waals surface area contributed by atoms with Crippen LogP contribution in [-0.2, 0) is 17.9 Å². The zero-order valence-corrected chi connectivity index (χ0v) is 20.0. The minimum absolute atomic E-state index is 0.0218. The quantitative estimate of drug-likeness (QED) is 0.501. The molecule has 1 aliphatic heterocycles. The van der Waals surface area contributed by atoms with E-state index in [2.05, 4.69) is 22.3 Å². The van der Waals surface area contributed by atoms with E-state index in [1.807, 2.05) is 39.8 Å². The van der Waals surface area contributed by atoms with Gasteiger partial charge in [0.15, 0.2) is 5.69 Å². The number of fused-ring (bicyclic) bond motifs is 2. The van der Waals surface area contributed by atoms with Gasteiger partial charge in [-0.3, -0.25) is 19.5 Å². The summed E-state index contributed by atoms with van der Waals surface area (Å²) in [5, 5.41) is 15.2. The van der Waals surface area contributed by atoms with Gasteiger partial charge in [0.1, 0.15) is 0 Å². The van der Waals surface area contributed by atoms with Gasteiger partial charge in [0.2, 0.25) is 0 Å². The number of aromatic nitrogens is 2. The maximum Gasteiger partial charge on any atom is 0.290 e. The molecule has 3 aromatic rings. The number of carbonyl (C=O) groups excluding carboxylic acids is 2. The molecule has 0 unspecified atom stereocenters. The molecule has 0 bridgehead atoms. The number of nitrogens with one attached hydrogen (secondary N) is 1. The van der Waals surface area contributed by atoms with E-state index >= 15 is 0 Å². The summed E-state index contributed by atoms with van der Waals surface area (Å²) in [6, 6.07) is 8.14. The number of hydrogen-bond donors (Lipinski definition) is 3. The number of aromatic amines is 1. The SMILES string of the molecule is Cc1ccc2cc(C(=O)N3Cc4[nH]nc(C(=O)N(CCN)C(C)(C)C)c4C3)sc2c1.O=CO. The van der Waals surface area contributed by atoms with Gasteiger partial charge in [0, 0.05) is 28.9 Å². The molecule has 0 saturated heterocycles. The van der Waals surface area contributed by atoms with Crippen molar-refractivity contribution in [1.82, 2.24) is 20.0 Å². The molecular formula is C23H29N5O4S. The number of amides is 2. The molecule has 3 heterocycles. The van der Waals surface area contributed by atoms with E-state index in [1.165, 1.54) is 16.9 Å². The van der Waals surface area contributed by atoms with Gasteiger partial charge in [-0.25, -0.2) is 0 Å². The molecule has 0 saturated carbocycles. The van der Waals surface area contributed by atoms with E-state index in [1.54, 1.807) is 9.80 Å². The number of nitrogens with zero attached hydrogens (tertiary/aromatic N) is 3. The molecule has 0 fully saturated rings. The summed E-state index contributed by atoms with van der Waals surface area (Å²) in [5.41, 5.74) is 8.54. The third-order valence-corrected chi connectivity index (χ3v) is 6.52. The maximum atomic E-state index is 13.2. The van der Waals surface area contributed by atoms with Crippen LogP contribution in [0.3, 0.4) is 0 Å². The number of rotatable bonds is 4. The summed E-state index contributed by atoms with van der Waals surface area (Å²) in [7, 11) is 0. The number of H-pyrrole nitrogens is 1. The first-order valence-electron chi connectivity index (χ1n) is 10.6. The molecule has 1 aromatic carbocycles. The highest BCUT2D eigenvalue weighted by Gasteiger charge is 2.35. The summed E-state index contributed by atoms with van der Waals surface area (Å²) < 4.78 is 1.11. The fourth-order valence-corrected chi connectivity index (χ4v) is 4.99. The third-order valence-electron chi connectivity index (χ3n) is 5.43. The Balaban J connectivity index is 0.000000968.